The van der Waals surface area contributed by atoms with Crippen molar-refractivity contribution in [1.29, 1.82) is 0 Å². The summed E-state index contributed by atoms with van der Waals surface area (Å²) in [5.74, 6) is 0.952. The van der Waals surface area contributed by atoms with Crippen LogP contribution < -0.4 is 20.1 Å². The van der Waals surface area contributed by atoms with E-state index in [4.69, 9.17) is 9.47 Å². The summed E-state index contributed by atoms with van der Waals surface area (Å²) in [6, 6.07) is 14.7. The molecule has 3 aromatic rings. The maximum atomic E-state index is 12.1. The third kappa shape index (κ3) is 4.24. The van der Waals surface area contributed by atoms with Crippen molar-refractivity contribution in [3.63, 3.8) is 0 Å². The van der Waals surface area contributed by atoms with Gasteiger partial charge >= 0.3 is 0 Å². The van der Waals surface area contributed by atoms with Gasteiger partial charge in [-0.3, -0.25) is 14.9 Å². The molecule has 0 fully saturated rings. The molecule has 4 rings (SSSR count). The molecule has 9 heteroatoms. The van der Waals surface area contributed by atoms with E-state index in [2.05, 4.69) is 20.7 Å². The minimum absolute atomic E-state index is 0.130. The quantitative estimate of drug-likeness (QED) is 0.620. The molecule has 30 heavy (non-hydrogen) atoms. The third-order valence-electron chi connectivity index (χ3n) is 4.76. The number of rotatable bonds is 7. The van der Waals surface area contributed by atoms with Gasteiger partial charge in [0.15, 0.2) is 18.1 Å². The lowest BCUT2D eigenvalue weighted by molar-refractivity contribution is -0.123. The minimum atomic E-state index is -0.298. The summed E-state index contributed by atoms with van der Waals surface area (Å²) in [6.45, 7) is 0.296. The normalized spacial score (nSPS) is 15.1. The van der Waals surface area contributed by atoms with Crippen LogP contribution in [0.3, 0.4) is 0 Å². The summed E-state index contributed by atoms with van der Waals surface area (Å²) >= 11 is 0. The van der Waals surface area contributed by atoms with E-state index in [-0.39, 0.29) is 30.9 Å². The van der Waals surface area contributed by atoms with E-state index in [0.717, 1.165) is 11.1 Å². The Balaban J connectivity index is 1.42. The van der Waals surface area contributed by atoms with Crippen LogP contribution in [0.4, 0.5) is 5.95 Å². The van der Waals surface area contributed by atoms with Gasteiger partial charge in [-0.25, -0.2) is 4.68 Å². The molecule has 1 aliphatic rings. The van der Waals surface area contributed by atoms with Gasteiger partial charge < -0.3 is 14.8 Å². The number of nitrogens with zero attached hydrogens (tertiary/aromatic N) is 3. The van der Waals surface area contributed by atoms with Gasteiger partial charge in [-0.1, -0.05) is 36.4 Å². The van der Waals surface area contributed by atoms with E-state index in [1.54, 1.807) is 16.8 Å². The number of carbonyl (C=O) groups is 2. The summed E-state index contributed by atoms with van der Waals surface area (Å²) < 4.78 is 12.7. The van der Waals surface area contributed by atoms with Gasteiger partial charge in [0.2, 0.25) is 11.9 Å². The number of amides is 2. The predicted molar refractivity (Wildman–Crippen MR) is 108 cm³/mol. The summed E-state index contributed by atoms with van der Waals surface area (Å²) in [5, 5.41) is 9.70. The van der Waals surface area contributed by atoms with Crippen molar-refractivity contribution in [3.05, 3.63) is 66.0 Å². The number of benzene rings is 2. The number of ether oxygens (including phenoxy) is 2. The fourth-order valence-electron chi connectivity index (χ4n) is 3.27. The smallest absolute Gasteiger partial charge is 0.258 e. The van der Waals surface area contributed by atoms with Gasteiger partial charge in [0.1, 0.15) is 6.33 Å². The van der Waals surface area contributed by atoms with Crippen molar-refractivity contribution < 1.29 is 19.1 Å². The molecule has 0 radical (unpaired) electrons. The average molecular weight is 407 g/mol. The minimum Gasteiger partial charge on any atom is -0.493 e. The maximum absolute atomic E-state index is 12.1. The molecule has 1 aromatic heterocycles. The molecule has 2 heterocycles. The molecule has 1 atom stereocenters. The fourth-order valence-corrected chi connectivity index (χ4v) is 3.27. The number of nitrogens with one attached hydrogen (secondary N) is 2. The van der Waals surface area contributed by atoms with Crippen LogP contribution in [0.25, 0.3) is 0 Å². The second kappa shape index (κ2) is 8.64. The first kappa shape index (κ1) is 19.4. The number of anilines is 1. The molecular weight excluding hydrogens is 386 g/mol. The van der Waals surface area contributed by atoms with Crippen LogP contribution in [0.5, 0.6) is 11.5 Å². The maximum Gasteiger partial charge on any atom is 0.258 e. The lowest BCUT2D eigenvalue weighted by Gasteiger charge is -2.24. The molecule has 0 unspecified atom stereocenters. The van der Waals surface area contributed by atoms with E-state index in [1.807, 2.05) is 36.4 Å². The van der Waals surface area contributed by atoms with Gasteiger partial charge in [-0.05, 0) is 23.3 Å². The highest BCUT2D eigenvalue weighted by Gasteiger charge is 2.28. The van der Waals surface area contributed by atoms with Crippen molar-refractivity contribution in [2.24, 2.45) is 0 Å². The molecule has 1 aliphatic heterocycles. The van der Waals surface area contributed by atoms with Crippen LogP contribution in [0.1, 0.15) is 23.6 Å². The van der Waals surface area contributed by atoms with Gasteiger partial charge in [0, 0.05) is 6.54 Å². The Morgan fingerprint density at radius 3 is 2.87 bits per heavy atom. The topological polar surface area (TPSA) is 107 Å². The van der Waals surface area contributed by atoms with Crippen LogP contribution >= 0.6 is 0 Å². The molecular formula is C21H21N5O4. The first-order chi connectivity index (χ1) is 14.6. The molecule has 154 valence electrons. The summed E-state index contributed by atoms with van der Waals surface area (Å²) in [4.78, 5) is 28.1. The first-order valence-electron chi connectivity index (χ1n) is 9.45. The number of methoxy groups -OCH3 is 1. The Hall–Kier alpha value is -3.88. The molecule has 2 aromatic carbocycles. The van der Waals surface area contributed by atoms with E-state index >= 15 is 0 Å². The molecule has 0 spiro atoms. The second-order valence-corrected chi connectivity index (χ2v) is 6.76. The van der Waals surface area contributed by atoms with Crippen LogP contribution in [-0.2, 0) is 16.1 Å². The van der Waals surface area contributed by atoms with E-state index in [0.29, 0.717) is 24.0 Å². The predicted octanol–water partition coefficient (Wildman–Crippen LogP) is 1.91. The van der Waals surface area contributed by atoms with Crippen molar-refractivity contribution in [1.82, 2.24) is 20.1 Å². The highest BCUT2D eigenvalue weighted by atomic mass is 16.5. The van der Waals surface area contributed by atoms with Crippen molar-refractivity contribution in [2.75, 3.05) is 19.0 Å². The number of fused-ring (bicyclic) bond motifs is 1. The van der Waals surface area contributed by atoms with Crippen molar-refractivity contribution in [3.8, 4) is 11.5 Å². The van der Waals surface area contributed by atoms with Gasteiger partial charge in [0.05, 0.1) is 19.6 Å². The zero-order valence-electron chi connectivity index (χ0n) is 16.4. The number of hydrogen-bond acceptors (Lipinski definition) is 6. The fraction of sp³-hybridized carbons (Fsp3) is 0.238. The first-order valence-corrected chi connectivity index (χ1v) is 9.45. The number of hydrogen-bond donors (Lipinski definition) is 2. The lowest BCUT2D eigenvalue weighted by Crippen LogP contribution is -2.29. The Morgan fingerprint density at radius 2 is 2.07 bits per heavy atom. The zero-order chi connectivity index (χ0) is 20.9. The summed E-state index contributed by atoms with van der Waals surface area (Å²) in [5.41, 5.74) is 1.84. The highest BCUT2D eigenvalue weighted by molar-refractivity contribution is 5.91. The molecule has 0 saturated carbocycles. The Kier molecular flexibility index (Phi) is 5.60. The van der Waals surface area contributed by atoms with Crippen molar-refractivity contribution >= 4 is 17.8 Å². The molecule has 0 aliphatic carbocycles. The lowest BCUT2D eigenvalue weighted by atomic mass is 10.0. The number of aromatic nitrogens is 3. The van der Waals surface area contributed by atoms with Crippen LogP contribution in [0.15, 0.2) is 54.9 Å². The van der Waals surface area contributed by atoms with Gasteiger partial charge in [0.25, 0.3) is 5.91 Å². The Labute approximate surface area is 173 Å². The standard InChI is InChI=1S/C21H21N5O4/c1-29-18-9-15(16-10-19(27)25-21-23-13-24-26(16)21)7-8-17(18)30-12-20(28)22-11-14-5-3-2-4-6-14/h2-9,13,16H,10-12H2,1H3,(H,22,28)(H,23,24,25,27)/t16-/m1/s1. The van der Waals surface area contributed by atoms with E-state index in [9.17, 15) is 9.59 Å². The molecule has 2 N–H and O–H groups in total. The number of carbonyl (C=O) groups excluding carboxylic acids is 2. The van der Waals surface area contributed by atoms with E-state index in [1.165, 1.54) is 13.4 Å². The Bertz CT molecular complexity index is 1050. The van der Waals surface area contributed by atoms with Crippen LogP contribution in [-0.4, -0.2) is 40.3 Å². The zero-order valence-corrected chi connectivity index (χ0v) is 16.4. The molecule has 2 amide bonds. The third-order valence-corrected chi connectivity index (χ3v) is 4.76. The average Bonchev–Trinajstić information content (AvgIpc) is 3.24. The molecule has 9 nitrogen and oxygen atoms in total. The Morgan fingerprint density at radius 1 is 1.23 bits per heavy atom. The van der Waals surface area contributed by atoms with E-state index < -0.39 is 0 Å². The van der Waals surface area contributed by atoms with Crippen LogP contribution in [0.2, 0.25) is 0 Å². The van der Waals surface area contributed by atoms with Gasteiger partial charge in [-0.15, -0.1) is 0 Å². The summed E-state index contributed by atoms with van der Waals surface area (Å²) in [7, 11) is 1.52. The van der Waals surface area contributed by atoms with Crippen molar-refractivity contribution in [2.45, 2.75) is 19.0 Å². The monoisotopic (exact) mass is 407 g/mol. The highest BCUT2D eigenvalue weighted by Crippen LogP contribution is 2.34. The second-order valence-electron chi connectivity index (χ2n) is 6.76. The SMILES string of the molecule is COc1cc([C@H]2CC(=O)Nc3ncnn32)ccc1OCC(=O)NCc1ccccc1. The molecule has 0 bridgehead atoms. The molecule has 0 saturated heterocycles. The largest absolute Gasteiger partial charge is 0.493 e. The van der Waals surface area contributed by atoms with Gasteiger partial charge in [-0.2, -0.15) is 10.1 Å². The van der Waals surface area contributed by atoms with Crippen LogP contribution in [0, 0.1) is 0 Å². The summed E-state index contributed by atoms with van der Waals surface area (Å²) in [6.07, 6.45) is 1.64.